The highest BCUT2D eigenvalue weighted by atomic mass is 35.5. The quantitative estimate of drug-likeness (QED) is 0.684. The van der Waals surface area contributed by atoms with Gasteiger partial charge in [-0.25, -0.2) is 4.98 Å². The molecular formula is C18H13ClN2O. The lowest BCUT2D eigenvalue weighted by molar-refractivity contribution is 0.971. The van der Waals surface area contributed by atoms with Gasteiger partial charge in [0.1, 0.15) is 5.65 Å². The van der Waals surface area contributed by atoms with Gasteiger partial charge in [0.2, 0.25) is 0 Å². The van der Waals surface area contributed by atoms with Crippen molar-refractivity contribution in [2.45, 2.75) is 12.8 Å². The minimum Gasteiger partial charge on any atom is -0.269 e. The first-order chi connectivity index (χ1) is 10.7. The van der Waals surface area contributed by atoms with Crippen molar-refractivity contribution in [1.82, 2.24) is 9.38 Å². The van der Waals surface area contributed by atoms with Crippen LogP contribution in [0.25, 0.3) is 17.3 Å². The lowest BCUT2D eigenvalue weighted by Crippen LogP contribution is -2.19. The van der Waals surface area contributed by atoms with Crippen LogP contribution in [-0.4, -0.2) is 9.38 Å². The second-order valence-corrected chi connectivity index (χ2v) is 5.84. The van der Waals surface area contributed by atoms with E-state index in [1.165, 1.54) is 4.40 Å². The number of hydrogen-bond donors (Lipinski definition) is 0. The number of nitrogens with zero attached hydrogens (tertiary/aromatic N) is 2. The molecule has 0 radical (unpaired) electrons. The van der Waals surface area contributed by atoms with Gasteiger partial charge in [0.15, 0.2) is 0 Å². The number of pyridine rings is 1. The molecule has 3 aromatic rings. The lowest BCUT2D eigenvalue weighted by atomic mass is 10.1. The molecule has 0 spiro atoms. The Kier molecular flexibility index (Phi) is 3.09. The molecular weight excluding hydrogens is 296 g/mol. The molecule has 0 fully saturated rings. The first kappa shape index (κ1) is 13.3. The van der Waals surface area contributed by atoms with Crippen LogP contribution >= 0.6 is 11.6 Å². The monoisotopic (exact) mass is 308 g/mol. The smallest absolute Gasteiger partial charge is 0.261 e. The summed E-state index contributed by atoms with van der Waals surface area (Å²) < 4.78 is 1.53. The molecule has 22 heavy (non-hydrogen) atoms. The van der Waals surface area contributed by atoms with Crippen molar-refractivity contribution >= 4 is 28.9 Å². The van der Waals surface area contributed by atoms with Crippen LogP contribution in [0.1, 0.15) is 23.2 Å². The van der Waals surface area contributed by atoms with Crippen LogP contribution < -0.4 is 5.56 Å². The first-order valence-electron chi connectivity index (χ1n) is 7.19. The average molecular weight is 309 g/mol. The van der Waals surface area contributed by atoms with Gasteiger partial charge in [0.25, 0.3) is 5.56 Å². The zero-order valence-electron chi connectivity index (χ0n) is 11.8. The van der Waals surface area contributed by atoms with Gasteiger partial charge < -0.3 is 0 Å². The molecule has 2 aromatic heterocycles. The minimum atomic E-state index is -0.0149. The molecule has 4 rings (SSSR count). The fourth-order valence-corrected chi connectivity index (χ4v) is 3.07. The second kappa shape index (κ2) is 5.11. The van der Waals surface area contributed by atoms with E-state index >= 15 is 0 Å². The summed E-state index contributed by atoms with van der Waals surface area (Å²) in [5.41, 5.74) is 4.48. The molecule has 0 unspecified atom stereocenters. The van der Waals surface area contributed by atoms with Crippen LogP contribution in [0.15, 0.2) is 53.5 Å². The van der Waals surface area contributed by atoms with E-state index < -0.39 is 0 Å². The van der Waals surface area contributed by atoms with Crippen molar-refractivity contribution in [3.05, 3.63) is 80.9 Å². The van der Waals surface area contributed by atoms with E-state index in [2.05, 4.69) is 23.2 Å². The third-order valence-corrected chi connectivity index (χ3v) is 4.19. The van der Waals surface area contributed by atoms with E-state index in [9.17, 15) is 4.79 Å². The molecule has 0 N–H and O–H groups in total. The van der Waals surface area contributed by atoms with Crippen molar-refractivity contribution in [2.24, 2.45) is 0 Å². The number of allylic oxidation sites excluding steroid dienone is 1. The maximum Gasteiger partial charge on any atom is 0.261 e. The van der Waals surface area contributed by atoms with Crippen molar-refractivity contribution in [1.29, 1.82) is 0 Å². The summed E-state index contributed by atoms with van der Waals surface area (Å²) in [7, 11) is 0. The number of benzene rings is 1. The van der Waals surface area contributed by atoms with Gasteiger partial charge in [-0.05, 0) is 42.2 Å². The topological polar surface area (TPSA) is 34.4 Å². The number of rotatable bonds is 1. The summed E-state index contributed by atoms with van der Waals surface area (Å²) in [5.74, 6) is 0. The van der Waals surface area contributed by atoms with Gasteiger partial charge in [-0.1, -0.05) is 41.9 Å². The van der Waals surface area contributed by atoms with Gasteiger partial charge in [-0.3, -0.25) is 9.20 Å². The molecule has 4 heteroatoms. The number of aromatic nitrogens is 2. The van der Waals surface area contributed by atoms with Gasteiger partial charge in [0, 0.05) is 11.8 Å². The Bertz CT molecular complexity index is 958. The van der Waals surface area contributed by atoms with Crippen molar-refractivity contribution < 1.29 is 0 Å². The Morgan fingerprint density at radius 1 is 1.09 bits per heavy atom. The normalized spacial score (nSPS) is 15.4. The van der Waals surface area contributed by atoms with Gasteiger partial charge in [-0.15, -0.1) is 0 Å². The molecule has 3 nitrogen and oxygen atoms in total. The highest BCUT2D eigenvalue weighted by Crippen LogP contribution is 2.30. The van der Waals surface area contributed by atoms with Crippen LogP contribution in [0.4, 0.5) is 0 Å². The van der Waals surface area contributed by atoms with Crippen molar-refractivity contribution in [2.75, 3.05) is 0 Å². The highest BCUT2D eigenvalue weighted by Gasteiger charge is 2.22. The van der Waals surface area contributed by atoms with Crippen LogP contribution in [-0.2, 0) is 6.42 Å². The van der Waals surface area contributed by atoms with E-state index in [4.69, 9.17) is 11.6 Å². The summed E-state index contributed by atoms with van der Waals surface area (Å²) in [4.78, 5) is 17.3. The molecule has 0 aliphatic heterocycles. The predicted octanol–water partition coefficient (Wildman–Crippen LogP) is 3.83. The van der Waals surface area contributed by atoms with E-state index in [0.717, 1.165) is 35.2 Å². The second-order valence-electron chi connectivity index (χ2n) is 5.40. The van der Waals surface area contributed by atoms with Gasteiger partial charge >= 0.3 is 0 Å². The Labute approximate surface area is 132 Å². The summed E-state index contributed by atoms with van der Waals surface area (Å²) in [6.45, 7) is 0. The maximum absolute atomic E-state index is 12.6. The van der Waals surface area contributed by atoms with E-state index in [1.54, 1.807) is 18.3 Å². The Morgan fingerprint density at radius 2 is 1.91 bits per heavy atom. The van der Waals surface area contributed by atoms with Gasteiger partial charge in [0.05, 0.1) is 10.7 Å². The third kappa shape index (κ3) is 2.14. The van der Waals surface area contributed by atoms with Crippen molar-refractivity contribution in [3.63, 3.8) is 0 Å². The third-order valence-electron chi connectivity index (χ3n) is 3.97. The molecule has 108 valence electrons. The Morgan fingerprint density at radius 3 is 2.73 bits per heavy atom. The van der Waals surface area contributed by atoms with Crippen LogP contribution in [0.2, 0.25) is 5.02 Å². The number of hydrogen-bond acceptors (Lipinski definition) is 2. The van der Waals surface area contributed by atoms with Gasteiger partial charge in [-0.2, -0.15) is 0 Å². The van der Waals surface area contributed by atoms with Crippen LogP contribution in [0.5, 0.6) is 0 Å². The molecule has 1 aromatic carbocycles. The SMILES string of the molecule is O=c1c2c(nc3ccc(Cl)cn13)C(=Cc1ccccc1)CC2. The maximum atomic E-state index is 12.6. The van der Waals surface area contributed by atoms with E-state index in [0.29, 0.717) is 10.7 Å². The van der Waals surface area contributed by atoms with Crippen LogP contribution in [0, 0.1) is 0 Å². The fraction of sp³-hybridized carbons (Fsp3) is 0.111. The average Bonchev–Trinajstić information content (AvgIpc) is 2.93. The summed E-state index contributed by atoms with van der Waals surface area (Å²) in [6, 6.07) is 13.7. The molecule has 0 saturated carbocycles. The summed E-state index contributed by atoms with van der Waals surface area (Å²) >= 11 is 5.98. The zero-order chi connectivity index (χ0) is 15.1. The van der Waals surface area contributed by atoms with Crippen LogP contribution in [0.3, 0.4) is 0 Å². The standard InChI is InChI=1S/C18H13ClN2O/c19-14-7-9-16-20-17-13(10-12-4-2-1-3-5-12)6-8-15(17)18(22)21(16)11-14/h1-5,7,9-11H,6,8H2. The Hall–Kier alpha value is -2.39. The zero-order valence-corrected chi connectivity index (χ0v) is 12.5. The summed E-state index contributed by atoms with van der Waals surface area (Å²) in [6.07, 6.45) is 5.32. The number of fused-ring (bicyclic) bond motifs is 2. The molecule has 1 aliphatic carbocycles. The predicted molar refractivity (Wildman–Crippen MR) is 89.1 cm³/mol. The Balaban J connectivity index is 1.92. The van der Waals surface area contributed by atoms with Crippen molar-refractivity contribution in [3.8, 4) is 0 Å². The lowest BCUT2D eigenvalue weighted by Gasteiger charge is -2.05. The molecule has 2 heterocycles. The van der Waals surface area contributed by atoms with E-state index in [-0.39, 0.29) is 5.56 Å². The molecule has 1 aliphatic rings. The molecule has 0 atom stereocenters. The minimum absolute atomic E-state index is 0.0149. The van der Waals surface area contributed by atoms with E-state index in [1.807, 2.05) is 18.2 Å². The highest BCUT2D eigenvalue weighted by molar-refractivity contribution is 6.30. The largest absolute Gasteiger partial charge is 0.269 e. The molecule has 0 amide bonds. The molecule has 0 bridgehead atoms. The first-order valence-corrected chi connectivity index (χ1v) is 7.57. The fourth-order valence-electron chi connectivity index (χ4n) is 2.91. The molecule has 0 saturated heterocycles. The number of halogens is 1. The summed E-state index contributed by atoms with van der Waals surface area (Å²) in [5, 5.41) is 0.536.